The maximum Gasteiger partial charge on any atom is 0.300 e. The molecule has 1 aliphatic rings. The van der Waals surface area contributed by atoms with Gasteiger partial charge in [0.1, 0.15) is 11.6 Å². The number of hydrogen-bond acceptors (Lipinski definition) is 3. The van der Waals surface area contributed by atoms with E-state index < -0.39 is 11.7 Å². The number of hydrogen-bond donors (Lipinski definition) is 1. The number of carbonyl (C=O) groups excluding carboxylic acids is 1. The molecule has 0 aliphatic carbocycles. The molecule has 4 nitrogen and oxygen atoms in total. The zero-order valence-electron chi connectivity index (χ0n) is 11.4. The van der Waals surface area contributed by atoms with E-state index in [9.17, 15) is 9.18 Å². The van der Waals surface area contributed by atoms with Crippen molar-refractivity contribution in [3.8, 4) is 17.6 Å². The van der Waals surface area contributed by atoms with Crippen LogP contribution in [0.25, 0.3) is 0 Å². The number of methoxy groups -OCH3 is 1. The van der Waals surface area contributed by atoms with Crippen molar-refractivity contribution < 1.29 is 13.9 Å². The molecule has 2 rings (SSSR count). The summed E-state index contributed by atoms with van der Waals surface area (Å²) in [6.45, 7) is 2.64. The Labute approximate surface area is 117 Å². The zero-order valence-corrected chi connectivity index (χ0v) is 11.4. The fourth-order valence-electron chi connectivity index (χ4n) is 2.05. The lowest BCUT2D eigenvalue weighted by Gasteiger charge is -2.08. The minimum Gasteiger partial charge on any atom is -0.497 e. The highest BCUT2D eigenvalue weighted by Crippen LogP contribution is 2.19. The quantitative estimate of drug-likeness (QED) is 0.857. The van der Waals surface area contributed by atoms with Crippen molar-refractivity contribution in [2.45, 2.75) is 12.8 Å². The largest absolute Gasteiger partial charge is 0.497 e. The summed E-state index contributed by atoms with van der Waals surface area (Å²) in [7, 11) is 1.46. The Hall–Kier alpha value is -2.06. The second kappa shape index (κ2) is 6.92. The van der Waals surface area contributed by atoms with Gasteiger partial charge in [-0.15, -0.1) is 0 Å². The molecule has 1 N–H and O–H groups in total. The van der Waals surface area contributed by atoms with Gasteiger partial charge in [0.25, 0.3) is 5.91 Å². The molecule has 1 fully saturated rings. The summed E-state index contributed by atoms with van der Waals surface area (Å²) >= 11 is 0. The second-order valence-corrected chi connectivity index (χ2v) is 4.58. The van der Waals surface area contributed by atoms with Gasteiger partial charge in [0.05, 0.1) is 19.3 Å². The van der Waals surface area contributed by atoms with Gasteiger partial charge in [0.2, 0.25) is 0 Å². The van der Waals surface area contributed by atoms with Crippen LogP contribution in [0, 0.1) is 17.7 Å². The smallest absolute Gasteiger partial charge is 0.300 e. The topological polar surface area (TPSA) is 41.6 Å². The van der Waals surface area contributed by atoms with Crippen LogP contribution in [0.5, 0.6) is 5.75 Å². The number of halogens is 1. The molecule has 1 amide bonds. The molecule has 1 aromatic carbocycles. The molecule has 1 heterocycles. The predicted molar refractivity (Wildman–Crippen MR) is 75.0 cm³/mol. The van der Waals surface area contributed by atoms with E-state index in [0.717, 1.165) is 13.1 Å². The minimum absolute atomic E-state index is 0.103. The molecule has 0 bridgehead atoms. The summed E-state index contributed by atoms with van der Waals surface area (Å²) in [5, 5.41) is 2.43. The number of nitrogens with one attached hydrogen (secondary N) is 1. The van der Waals surface area contributed by atoms with Crippen LogP contribution in [0.3, 0.4) is 0 Å². The van der Waals surface area contributed by atoms with Gasteiger partial charge in [-0.2, -0.15) is 0 Å². The second-order valence-electron chi connectivity index (χ2n) is 4.58. The van der Waals surface area contributed by atoms with Crippen LogP contribution in [0.15, 0.2) is 18.2 Å². The summed E-state index contributed by atoms with van der Waals surface area (Å²) in [6.07, 6.45) is 2.37. The van der Waals surface area contributed by atoms with Gasteiger partial charge in [-0.3, -0.25) is 9.69 Å². The minimum atomic E-state index is -0.543. The molecule has 20 heavy (non-hydrogen) atoms. The van der Waals surface area contributed by atoms with E-state index in [2.05, 4.69) is 22.1 Å². The molecule has 0 spiro atoms. The van der Waals surface area contributed by atoms with Crippen molar-refractivity contribution in [3.63, 3.8) is 0 Å². The fourth-order valence-corrected chi connectivity index (χ4v) is 2.05. The van der Waals surface area contributed by atoms with Crippen LogP contribution >= 0.6 is 0 Å². The van der Waals surface area contributed by atoms with Gasteiger partial charge >= 0.3 is 0 Å². The van der Waals surface area contributed by atoms with Crippen molar-refractivity contribution >= 4 is 11.6 Å². The summed E-state index contributed by atoms with van der Waals surface area (Å²) < 4.78 is 18.5. The Morgan fingerprint density at radius 3 is 2.85 bits per heavy atom. The van der Waals surface area contributed by atoms with Crippen molar-refractivity contribution in [1.82, 2.24) is 4.90 Å². The molecule has 1 saturated heterocycles. The molecule has 1 aromatic rings. The molecule has 5 heteroatoms. The number of amides is 1. The molecular weight excluding hydrogens is 259 g/mol. The van der Waals surface area contributed by atoms with Gasteiger partial charge in [0.15, 0.2) is 0 Å². The van der Waals surface area contributed by atoms with E-state index in [1.54, 1.807) is 6.07 Å². The highest BCUT2D eigenvalue weighted by Gasteiger charge is 2.09. The SMILES string of the molecule is COc1ccc(NC(=O)C#CCN2CCCC2)c(F)c1. The van der Waals surface area contributed by atoms with E-state index in [-0.39, 0.29) is 5.69 Å². The van der Waals surface area contributed by atoms with Gasteiger partial charge in [0, 0.05) is 6.07 Å². The van der Waals surface area contributed by atoms with Crippen molar-refractivity contribution in [2.75, 3.05) is 32.1 Å². The Kier molecular flexibility index (Phi) is 4.97. The summed E-state index contributed by atoms with van der Waals surface area (Å²) in [5.41, 5.74) is 0.103. The van der Waals surface area contributed by atoms with Gasteiger partial charge in [-0.05, 0) is 44.0 Å². The normalized spacial score (nSPS) is 14.5. The number of rotatable bonds is 3. The summed E-state index contributed by atoms with van der Waals surface area (Å²) in [6, 6.07) is 4.25. The van der Waals surface area contributed by atoms with E-state index in [4.69, 9.17) is 4.74 Å². The van der Waals surface area contributed by atoms with Crippen molar-refractivity contribution in [2.24, 2.45) is 0 Å². The monoisotopic (exact) mass is 276 g/mol. The Bertz CT molecular complexity index is 543. The first kappa shape index (κ1) is 14.4. The zero-order chi connectivity index (χ0) is 14.4. The first-order valence-corrected chi connectivity index (χ1v) is 6.55. The van der Waals surface area contributed by atoms with Crippen LogP contribution in [-0.2, 0) is 4.79 Å². The number of likely N-dealkylation sites (tertiary alicyclic amines) is 1. The average molecular weight is 276 g/mol. The van der Waals surface area contributed by atoms with Crippen LogP contribution in [0.4, 0.5) is 10.1 Å². The maximum absolute atomic E-state index is 13.6. The average Bonchev–Trinajstić information content (AvgIpc) is 2.94. The molecule has 0 unspecified atom stereocenters. The first-order valence-electron chi connectivity index (χ1n) is 6.55. The van der Waals surface area contributed by atoms with Gasteiger partial charge in [-0.1, -0.05) is 5.92 Å². The summed E-state index contributed by atoms with van der Waals surface area (Å²) in [5.74, 6) is 4.63. The number of carbonyl (C=O) groups is 1. The molecule has 0 atom stereocenters. The van der Waals surface area contributed by atoms with Gasteiger partial charge < -0.3 is 10.1 Å². The molecule has 1 aliphatic heterocycles. The number of ether oxygens (including phenoxy) is 1. The standard InChI is InChI=1S/C15H17FN2O2/c1-20-12-6-7-14(13(16)11-12)17-15(19)5-4-10-18-8-2-3-9-18/h6-7,11H,2-3,8-10H2,1H3,(H,17,19). The maximum atomic E-state index is 13.6. The number of benzene rings is 1. The Balaban J connectivity index is 1.89. The van der Waals surface area contributed by atoms with E-state index in [1.807, 2.05) is 0 Å². The molecule has 0 saturated carbocycles. The van der Waals surface area contributed by atoms with E-state index >= 15 is 0 Å². The Morgan fingerprint density at radius 2 is 2.20 bits per heavy atom. The van der Waals surface area contributed by atoms with Crippen molar-refractivity contribution in [3.05, 3.63) is 24.0 Å². The molecule has 106 valence electrons. The van der Waals surface area contributed by atoms with E-state index in [1.165, 1.54) is 32.1 Å². The van der Waals surface area contributed by atoms with Crippen LogP contribution in [0.1, 0.15) is 12.8 Å². The van der Waals surface area contributed by atoms with Crippen LogP contribution in [0.2, 0.25) is 0 Å². The third-order valence-electron chi connectivity index (χ3n) is 3.13. The van der Waals surface area contributed by atoms with Crippen molar-refractivity contribution in [1.29, 1.82) is 0 Å². The predicted octanol–water partition coefficient (Wildman–Crippen LogP) is 1.87. The fraction of sp³-hybridized carbons (Fsp3) is 0.400. The third-order valence-corrected chi connectivity index (χ3v) is 3.13. The summed E-state index contributed by atoms with van der Waals surface area (Å²) in [4.78, 5) is 13.8. The van der Waals surface area contributed by atoms with Crippen LogP contribution < -0.4 is 10.1 Å². The molecule has 0 radical (unpaired) electrons. The highest BCUT2D eigenvalue weighted by molar-refractivity contribution is 6.04. The lowest BCUT2D eigenvalue weighted by atomic mass is 10.3. The Morgan fingerprint density at radius 1 is 1.45 bits per heavy atom. The first-order chi connectivity index (χ1) is 9.69. The lowest BCUT2D eigenvalue weighted by molar-refractivity contribution is -0.111. The highest BCUT2D eigenvalue weighted by atomic mass is 19.1. The lowest BCUT2D eigenvalue weighted by Crippen LogP contribution is -2.19. The number of anilines is 1. The molecule has 0 aromatic heterocycles. The third kappa shape index (κ3) is 3.97. The number of nitrogens with zero attached hydrogens (tertiary/aromatic N) is 1. The van der Waals surface area contributed by atoms with Gasteiger partial charge in [-0.25, -0.2) is 4.39 Å². The van der Waals surface area contributed by atoms with E-state index in [0.29, 0.717) is 12.3 Å². The molecular formula is C15H17FN2O2. The van der Waals surface area contributed by atoms with Crippen LogP contribution in [-0.4, -0.2) is 37.6 Å².